The number of hydrogen-bond donors (Lipinski definition) is 2. The van der Waals surface area contributed by atoms with Gasteiger partial charge in [-0.15, -0.1) is 0 Å². The summed E-state index contributed by atoms with van der Waals surface area (Å²) in [7, 11) is 0. The number of carbonyl (C=O) groups is 1. The summed E-state index contributed by atoms with van der Waals surface area (Å²) >= 11 is 1.70. The van der Waals surface area contributed by atoms with Crippen molar-refractivity contribution in [3.63, 3.8) is 0 Å². The molecule has 0 aromatic heterocycles. The minimum atomic E-state index is -0.903. The number of carbonyl (C=O) groups excluding carboxylic acids is 1. The summed E-state index contributed by atoms with van der Waals surface area (Å²) in [6.45, 7) is 0. The highest BCUT2D eigenvalue weighted by Crippen LogP contribution is 2.25. The van der Waals surface area contributed by atoms with E-state index < -0.39 is 22.3 Å². The second-order valence-corrected chi connectivity index (χ2v) is 5.33. The van der Waals surface area contributed by atoms with Crippen molar-refractivity contribution in [1.82, 2.24) is 5.32 Å². The molecule has 1 aliphatic heterocycles. The molecule has 0 radical (unpaired) electrons. The van der Waals surface area contributed by atoms with Crippen LogP contribution >= 0.6 is 11.8 Å². The maximum atomic E-state index is 13.2. The quantitative estimate of drug-likeness (QED) is 0.499. The Morgan fingerprint density at radius 1 is 1.58 bits per heavy atom. The van der Waals surface area contributed by atoms with E-state index in [-0.39, 0.29) is 17.3 Å². The predicted octanol–water partition coefficient (Wildman–Crippen LogP) is 1.55. The van der Waals surface area contributed by atoms with Crippen molar-refractivity contribution in [2.45, 2.75) is 12.5 Å². The van der Waals surface area contributed by atoms with Gasteiger partial charge in [0.2, 0.25) is 0 Å². The highest BCUT2D eigenvalue weighted by atomic mass is 32.2. The number of rotatable bonds is 3. The van der Waals surface area contributed by atoms with E-state index in [1.165, 1.54) is 0 Å². The summed E-state index contributed by atoms with van der Waals surface area (Å²) in [4.78, 5) is 22.0. The van der Waals surface area contributed by atoms with Gasteiger partial charge < -0.3 is 11.1 Å². The van der Waals surface area contributed by atoms with E-state index in [9.17, 15) is 19.3 Å². The van der Waals surface area contributed by atoms with E-state index >= 15 is 0 Å². The van der Waals surface area contributed by atoms with Crippen molar-refractivity contribution in [3.8, 4) is 0 Å². The number of benzene rings is 1. The fraction of sp³-hybridized carbons (Fsp3) is 0.364. The SMILES string of the molecule is Nc1cc(C(=O)NC2CCSC2)c([N+](=O)[O-])cc1F. The zero-order valence-corrected chi connectivity index (χ0v) is 10.7. The van der Waals surface area contributed by atoms with Crippen LogP contribution in [0.15, 0.2) is 12.1 Å². The van der Waals surface area contributed by atoms with Crippen LogP contribution in [0.5, 0.6) is 0 Å². The maximum absolute atomic E-state index is 13.2. The largest absolute Gasteiger partial charge is 0.396 e. The lowest BCUT2D eigenvalue weighted by Crippen LogP contribution is -2.35. The topological polar surface area (TPSA) is 98.3 Å². The van der Waals surface area contributed by atoms with E-state index in [0.29, 0.717) is 6.07 Å². The molecule has 0 aliphatic carbocycles. The average Bonchev–Trinajstić information content (AvgIpc) is 2.84. The molecule has 1 unspecified atom stereocenters. The van der Waals surface area contributed by atoms with E-state index in [2.05, 4.69) is 5.32 Å². The monoisotopic (exact) mass is 285 g/mol. The van der Waals surface area contributed by atoms with Crippen LogP contribution in [-0.4, -0.2) is 28.4 Å². The van der Waals surface area contributed by atoms with Gasteiger partial charge in [0, 0.05) is 11.8 Å². The molecular formula is C11H12FN3O3S. The normalized spacial score (nSPS) is 18.3. The fourth-order valence-corrected chi connectivity index (χ4v) is 2.98. The number of nitrogens with two attached hydrogens (primary N) is 1. The molecule has 0 bridgehead atoms. The van der Waals surface area contributed by atoms with Gasteiger partial charge in [-0.1, -0.05) is 0 Å². The van der Waals surface area contributed by atoms with Crippen molar-refractivity contribution >= 4 is 29.0 Å². The predicted molar refractivity (Wildman–Crippen MR) is 70.7 cm³/mol. The molecule has 1 aromatic rings. The molecular weight excluding hydrogens is 273 g/mol. The number of nitrogen functional groups attached to an aromatic ring is 1. The molecule has 0 spiro atoms. The van der Waals surface area contributed by atoms with Crippen LogP contribution < -0.4 is 11.1 Å². The Morgan fingerprint density at radius 2 is 2.32 bits per heavy atom. The Bertz CT molecular complexity index is 532. The number of nitro groups is 1. The third-order valence-corrected chi connectivity index (χ3v) is 3.98. The summed E-state index contributed by atoms with van der Waals surface area (Å²) in [6.07, 6.45) is 0.820. The molecule has 102 valence electrons. The second-order valence-electron chi connectivity index (χ2n) is 4.18. The van der Waals surface area contributed by atoms with Crippen molar-refractivity contribution in [2.75, 3.05) is 17.2 Å². The van der Waals surface area contributed by atoms with Crippen molar-refractivity contribution < 1.29 is 14.1 Å². The second kappa shape index (κ2) is 5.43. The molecule has 3 N–H and O–H groups in total. The van der Waals surface area contributed by atoms with E-state index in [1.807, 2.05) is 0 Å². The van der Waals surface area contributed by atoms with Gasteiger partial charge in [0.25, 0.3) is 11.6 Å². The Kier molecular flexibility index (Phi) is 3.89. The molecule has 1 heterocycles. The first-order chi connectivity index (χ1) is 8.99. The summed E-state index contributed by atoms with van der Waals surface area (Å²) in [5.41, 5.74) is 4.29. The molecule has 1 atom stereocenters. The van der Waals surface area contributed by atoms with Gasteiger partial charge in [-0.05, 0) is 18.2 Å². The average molecular weight is 285 g/mol. The van der Waals surface area contributed by atoms with E-state index in [1.54, 1.807) is 11.8 Å². The molecule has 6 nitrogen and oxygen atoms in total. The first-order valence-corrected chi connectivity index (χ1v) is 6.76. The number of thioether (sulfide) groups is 1. The number of hydrogen-bond acceptors (Lipinski definition) is 5. The van der Waals surface area contributed by atoms with Crippen LogP contribution in [0.1, 0.15) is 16.8 Å². The van der Waals surface area contributed by atoms with Crippen LogP contribution in [0.3, 0.4) is 0 Å². The summed E-state index contributed by atoms with van der Waals surface area (Å²) in [5, 5.41) is 13.5. The Hall–Kier alpha value is -1.83. The minimum absolute atomic E-state index is 0.0108. The number of anilines is 1. The number of halogens is 1. The van der Waals surface area contributed by atoms with Crippen LogP contribution in [-0.2, 0) is 0 Å². The summed E-state index contributed by atoms with van der Waals surface area (Å²) in [5.74, 6) is 0.222. The molecule has 19 heavy (non-hydrogen) atoms. The molecule has 8 heteroatoms. The van der Waals surface area contributed by atoms with Crippen LogP contribution in [0.4, 0.5) is 15.8 Å². The molecule has 1 amide bonds. The van der Waals surface area contributed by atoms with E-state index in [4.69, 9.17) is 5.73 Å². The lowest BCUT2D eigenvalue weighted by Gasteiger charge is -2.11. The Labute approximate surface area is 112 Å². The lowest BCUT2D eigenvalue weighted by atomic mass is 10.1. The highest BCUT2D eigenvalue weighted by molar-refractivity contribution is 7.99. The zero-order chi connectivity index (χ0) is 14.0. The van der Waals surface area contributed by atoms with Gasteiger partial charge in [0.15, 0.2) is 5.82 Å². The first-order valence-electron chi connectivity index (χ1n) is 5.61. The zero-order valence-electron chi connectivity index (χ0n) is 9.89. The van der Waals surface area contributed by atoms with E-state index in [0.717, 1.165) is 24.0 Å². The summed E-state index contributed by atoms with van der Waals surface area (Å²) in [6, 6.07) is 1.67. The fourth-order valence-electron chi connectivity index (χ4n) is 1.82. The minimum Gasteiger partial charge on any atom is -0.396 e. The highest BCUT2D eigenvalue weighted by Gasteiger charge is 2.25. The number of amides is 1. The van der Waals surface area contributed by atoms with Crippen LogP contribution in [0, 0.1) is 15.9 Å². The molecule has 1 aliphatic rings. The molecule has 0 saturated carbocycles. The molecule has 2 rings (SSSR count). The van der Waals surface area contributed by atoms with Gasteiger partial charge in [-0.2, -0.15) is 11.8 Å². The lowest BCUT2D eigenvalue weighted by molar-refractivity contribution is -0.385. The Morgan fingerprint density at radius 3 is 2.89 bits per heavy atom. The van der Waals surface area contributed by atoms with Gasteiger partial charge in [-0.3, -0.25) is 14.9 Å². The van der Waals surface area contributed by atoms with Crippen LogP contribution in [0.25, 0.3) is 0 Å². The van der Waals surface area contributed by atoms with Gasteiger partial charge in [0.1, 0.15) is 5.56 Å². The molecule has 1 fully saturated rings. The van der Waals surface area contributed by atoms with Crippen LogP contribution in [0.2, 0.25) is 0 Å². The van der Waals surface area contributed by atoms with Crippen molar-refractivity contribution in [2.24, 2.45) is 0 Å². The first kappa shape index (κ1) is 13.6. The molecule has 1 saturated heterocycles. The summed E-state index contributed by atoms with van der Waals surface area (Å²) < 4.78 is 13.2. The number of nitro benzene ring substituents is 1. The maximum Gasteiger partial charge on any atom is 0.285 e. The van der Waals surface area contributed by atoms with Gasteiger partial charge >= 0.3 is 0 Å². The third kappa shape index (κ3) is 2.95. The Balaban J connectivity index is 2.28. The standard InChI is InChI=1S/C11H12FN3O3S/c12-8-4-10(15(17)18)7(3-9(8)13)11(16)14-6-1-2-19-5-6/h3-4,6H,1-2,5,13H2,(H,14,16). The third-order valence-electron chi connectivity index (χ3n) is 2.82. The van der Waals surface area contributed by atoms with Gasteiger partial charge in [-0.25, -0.2) is 4.39 Å². The van der Waals surface area contributed by atoms with Crippen molar-refractivity contribution in [3.05, 3.63) is 33.6 Å². The van der Waals surface area contributed by atoms with Gasteiger partial charge in [0.05, 0.1) is 16.7 Å². The smallest absolute Gasteiger partial charge is 0.285 e. The van der Waals surface area contributed by atoms with Crippen molar-refractivity contribution in [1.29, 1.82) is 0 Å². The molecule has 1 aromatic carbocycles. The number of nitrogens with one attached hydrogen (secondary N) is 1. The number of nitrogens with zero attached hydrogens (tertiary/aromatic N) is 1.